The lowest BCUT2D eigenvalue weighted by Crippen LogP contribution is -2.59. The van der Waals surface area contributed by atoms with Crippen molar-refractivity contribution in [2.24, 2.45) is 11.8 Å². The van der Waals surface area contributed by atoms with E-state index in [0.717, 1.165) is 32.1 Å². The number of allylic oxidation sites excluding steroid dienone is 1. The number of likely N-dealkylation sites (tertiary alicyclic amines) is 1. The number of nitrogens with one attached hydrogen (secondary N) is 1. The van der Waals surface area contributed by atoms with Crippen molar-refractivity contribution in [1.82, 2.24) is 15.1 Å². The van der Waals surface area contributed by atoms with Crippen LogP contribution in [0.3, 0.4) is 0 Å². The maximum Gasteiger partial charge on any atom is 0.313 e. The van der Waals surface area contributed by atoms with E-state index in [-0.39, 0.29) is 48.9 Å². The van der Waals surface area contributed by atoms with Gasteiger partial charge >= 0.3 is 5.97 Å². The number of ether oxygens (including phenoxy) is 3. The minimum absolute atomic E-state index is 0.0101. The molecule has 0 radical (unpaired) electrons. The van der Waals surface area contributed by atoms with Crippen LogP contribution in [0.1, 0.15) is 63.0 Å². The lowest BCUT2D eigenvalue weighted by molar-refractivity contribution is -0.163. The number of alkyl halides is 1. The minimum atomic E-state index is -1.28. The minimum Gasteiger partial charge on any atom is -0.455 e. The summed E-state index contributed by atoms with van der Waals surface area (Å²) in [6, 6.07) is 7.35. The number of rotatable bonds is 16. The largest absolute Gasteiger partial charge is 0.455 e. The fourth-order valence-electron chi connectivity index (χ4n) is 8.26. The molecule has 5 rings (SSSR count). The number of halogens is 1. The highest BCUT2D eigenvalue weighted by Crippen LogP contribution is 2.60. The fraction of sp³-hybridized carbons (Fsp3) is 0.611. The molecule has 1 saturated carbocycles. The molecule has 3 amide bonds. The van der Waals surface area contributed by atoms with Gasteiger partial charge in [-0.1, -0.05) is 77.7 Å². The number of β-amino-alcohol motifs (C(OH)–C–C–N with tert-alkyl or cyclic N) is 1. The van der Waals surface area contributed by atoms with Crippen molar-refractivity contribution >= 4 is 39.6 Å². The van der Waals surface area contributed by atoms with Gasteiger partial charge in [0.2, 0.25) is 17.7 Å². The molecule has 11 nitrogen and oxygen atoms in total. The Morgan fingerprint density at radius 2 is 1.92 bits per heavy atom. The molecule has 2 bridgehead atoms. The number of hydrogen-bond acceptors (Lipinski definition) is 8. The highest BCUT2D eigenvalue weighted by molar-refractivity contribution is 9.09. The molecular formula is C36H48BrN3O8. The van der Waals surface area contributed by atoms with Crippen LogP contribution in [0.4, 0.5) is 0 Å². The van der Waals surface area contributed by atoms with E-state index in [1.807, 2.05) is 23.1 Å². The van der Waals surface area contributed by atoms with Gasteiger partial charge in [0.15, 0.2) is 0 Å². The molecule has 1 aliphatic carbocycles. The number of benzene rings is 1. The predicted octanol–water partition coefficient (Wildman–Crippen LogP) is 3.46. The number of methoxy groups -OCH3 is 1. The quantitative estimate of drug-likeness (QED) is 0.150. The number of fused-ring (bicyclic) bond motifs is 1. The van der Waals surface area contributed by atoms with Crippen molar-refractivity contribution in [2.75, 3.05) is 33.4 Å². The zero-order valence-corrected chi connectivity index (χ0v) is 29.2. The first-order valence-electron chi connectivity index (χ1n) is 17.0. The van der Waals surface area contributed by atoms with Crippen LogP contribution >= 0.6 is 15.9 Å². The molecule has 4 aliphatic rings. The average Bonchev–Trinajstić information content (AvgIpc) is 3.68. The molecule has 3 heterocycles. The van der Waals surface area contributed by atoms with Gasteiger partial charge in [0.25, 0.3) is 0 Å². The Kier molecular flexibility index (Phi) is 12.2. The van der Waals surface area contributed by atoms with Gasteiger partial charge in [-0.05, 0) is 31.2 Å². The number of aliphatic hydroxyl groups excluding tert-OH is 1. The van der Waals surface area contributed by atoms with Crippen LogP contribution in [0.2, 0.25) is 0 Å². The molecular weight excluding hydrogens is 682 g/mol. The van der Waals surface area contributed by atoms with Gasteiger partial charge in [-0.15, -0.1) is 13.2 Å². The van der Waals surface area contributed by atoms with E-state index < -0.39 is 53.6 Å². The summed E-state index contributed by atoms with van der Waals surface area (Å²) in [6.45, 7) is 7.55. The third kappa shape index (κ3) is 6.99. The summed E-state index contributed by atoms with van der Waals surface area (Å²) < 4.78 is 18.4. The Bertz CT molecular complexity index is 1340. The van der Waals surface area contributed by atoms with E-state index in [4.69, 9.17) is 14.2 Å². The summed E-state index contributed by atoms with van der Waals surface area (Å²) in [5.74, 6) is -3.57. The van der Waals surface area contributed by atoms with E-state index in [1.165, 1.54) is 12.0 Å². The molecule has 262 valence electrons. The third-order valence-corrected chi connectivity index (χ3v) is 11.1. The van der Waals surface area contributed by atoms with E-state index >= 15 is 0 Å². The molecule has 8 atom stereocenters. The lowest BCUT2D eigenvalue weighted by atomic mass is 9.70. The monoisotopic (exact) mass is 729 g/mol. The first kappa shape index (κ1) is 36.2. The van der Waals surface area contributed by atoms with E-state index in [9.17, 15) is 24.3 Å². The Balaban J connectivity index is 1.48. The molecule has 1 aromatic carbocycles. The number of nitrogens with zero attached hydrogens (tertiary/aromatic N) is 2. The van der Waals surface area contributed by atoms with Crippen LogP contribution < -0.4 is 5.32 Å². The normalized spacial score (nSPS) is 29.2. The lowest BCUT2D eigenvalue weighted by Gasteiger charge is -2.40. The Labute approximate surface area is 291 Å². The smallest absolute Gasteiger partial charge is 0.313 e. The Hall–Kier alpha value is -3.06. The SMILES string of the molecule is C=CCCC(=O)N[C@@H](COC)[C@@H](OC(=O)[C@@H]1[C@H]2O[C@@]3(CC2Br)[C@H](C(=O)N(CC=C)C2CCCCC2)N(CCO)C(=O)[C@@H]13)c1ccccc1. The number of carbonyl (C=O) groups excluding carboxylic acids is 4. The number of amides is 3. The van der Waals surface area contributed by atoms with Gasteiger partial charge in [0, 0.05) is 37.5 Å². The summed E-state index contributed by atoms with van der Waals surface area (Å²) in [7, 11) is 1.50. The van der Waals surface area contributed by atoms with Gasteiger partial charge in [0.05, 0.1) is 37.2 Å². The summed E-state index contributed by atoms with van der Waals surface area (Å²) >= 11 is 3.72. The van der Waals surface area contributed by atoms with Crippen molar-refractivity contribution in [3.63, 3.8) is 0 Å². The zero-order chi connectivity index (χ0) is 34.4. The standard InChI is InChI=1S/C36H48BrN3O8/c1-4-6-17-27(42)38-26(22-46-3)30(23-13-9-7-10-14-23)47-35(45)28-29-33(43)40(19-20-41)32(36(29)21-25(37)31(28)48-36)34(44)39(18-5-2)24-15-11-8-12-16-24/h4-5,7,9-10,13-14,24-26,28-32,41H,1-2,6,8,11-12,15-22H2,3H3,(H,38,42)/t25?,26-,28-,29+,30-,31-,32-,36+/m0/s1. The second-order valence-corrected chi connectivity index (χ2v) is 14.4. The molecule has 12 heteroatoms. The second-order valence-electron chi connectivity index (χ2n) is 13.2. The number of aliphatic hydroxyl groups is 1. The molecule has 1 aromatic rings. The van der Waals surface area contributed by atoms with Crippen LogP contribution in [0.25, 0.3) is 0 Å². The summed E-state index contributed by atoms with van der Waals surface area (Å²) in [4.78, 5) is 59.1. The van der Waals surface area contributed by atoms with E-state index in [1.54, 1.807) is 24.3 Å². The van der Waals surface area contributed by atoms with Crippen LogP contribution in [-0.4, -0.2) is 107 Å². The van der Waals surface area contributed by atoms with E-state index in [2.05, 4.69) is 34.4 Å². The maximum absolute atomic E-state index is 14.6. The second kappa shape index (κ2) is 16.1. The van der Waals surface area contributed by atoms with Crippen LogP contribution in [0, 0.1) is 11.8 Å². The van der Waals surface area contributed by atoms with Crippen molar-refractivity contribution in [1.29, 1.82) is 0 Å². The number of esters is 1. The van der Waals surface area contributed by atoms with Crippen molar-refractivity contribution in [3.8, 4) is 0 Å². The number of carbonyl (C=O) groups is 4. The third-order valence-electron chi connectivity index (χ3n) is 10.3. The molecule has 0 aromatic heterocycles. The molecule has 4 fully saturated rings. The van der Waals surface area contributed by atoms with Crippen LogP contribution in [0.15, 0.2) is 55.6 Å². The molecule has 48 heavy (non-hydrogen) atoms. The average molecular weight is 731 g/mol. The van der Waals surface area contributed by atoms with Crippen LogP contribution in [0.5, 0.6) is 0 Å². The molecule has 2 N–H and O–H groups in total. The van der Waals surface area contributed by atoms with Crippen molar-refractivity contribution in [2.45, 2.75) is 92.1 Å². The van der Waals surface area contributed by atoms with Gasteiger partial charge in [-0.2, -0.15) is 0 Å². The predicted molar refractivity (Wildman–Crippen MR) is 182 cm³/mol. The van der Waals surface area contributed by atoms with Crippen molar-refractivity contribution in [3.05, 3.63) is 61.2 Å². The first-order valence-corrected chi connectivity index (χ1v) is 17.9. The van der Waals surface area contributed by atoms with E-state index in [0.29, 0.717) is 24.9 Å². The molecule has 3 aliphatic heterocycles. The maximum atomic E-state index is 14.6. The Morgan fingerprint density at radius 3 is 2.56 bits per heavy atom. The molecule has 3 saturated heterocycles. The zero-order valence-electron chi connectivity index (χ0n) is 27.6. The molecule has 1 unspecified atom stereocenters. The van der Waals surface area contributed by atoms with Crippen LogP contribution in [-0.2, 0) is 33.4 Å². The first-order chi connectivity index (χ1) is 23.2. The topological polar surface area (TPSA) is 135 Å². The Morgan fingerprint density at radius 1 is 1.19 bits per heavy atom. The van der Waals surface area contributed by atoms with Crippen molar-refractivity contribution < 1.29 is 38.5 Å². The van der Waals surface area contributed by atoms with Gasteiger partial charge in [-0.25, -0.2) is 0 Å². The number of hydrogen-bond donors (Lipinski definition) is 2. The summed E-state index contributed by atoms with van der Waals surface area (Å²) in [6.07, 6.45) is 7.61. The fourth-order valence-corrected chi connectivity index (χ4v) is 9.20. The van der Waals surface area contributed by atoms with Gasteiger partial charge in [0.1, 0.15) is 17.7 Å². The van der Waals surface area contributed by atoms with Gasteiger partial charge in [-0.3, -0.25) is 19.2 Å². The molecule has 1 spiro atoms. The highest BCUT2D eigenvalue weighted by atomic mass is 79.9. The summed E-state index contributed by atoms with van der Waals surface area (Å²) in [5, 5.41) is 13.0. The van der Waals surface area contributed by atoms with Gasteiger partial charge < -0.3 is 34.4 Å². The highest BCUT2D eigenvalue weighted by Gasteiger charge is 2.77. The summed E-state index contributed by atoms with van der Waals surface area (Å²) in [5.41, 5.74) is -0.640.